The Morgan fingerprint density at radius 1 is 0.632 bits per heavy atom. The van der Waals surface area contributed by atoms with Gasteiger partial charge in [0.1, 0.15) is 0 Å². The molecule has 19 heavy (non-hydrogen) atoms. The fraction of sp³-hybridized carbons (Fsp3) is 0. The standard InChI is InChI=1S/C12H10O4S.2Na/c13-9-1-5-11(6-2-9)17(15,16)12-7-3-10(14)4-8-12;;/h1-8,13-14H;;/q;2*+1/p-2. The minimum absolute atomic E-state index is 0. The third kappa shape index (κ3) is 4.49. The molecule has 2 aromatic carbocycles. The first-order valence-electron chi connectivity index (χ1n) is 4.79. The number of hydrogen-bond donors (Lipinski definition) is 0. The van der Waals surface area contributed by atoms with Gasteiger partial charge in [-0.25, -0.2) is 8.42 Å². The van der Waals surface area contributed by atoms with Crippen molar-refractivity contribution in [3.05, 3.63) is 48.5 Å². The quantitative estimate of drug-likeness (QED) is 0.518. The molecule has 0 unspecified atom stereocenters. The Bertz CT molecular complexity index is 570. The SMILES string of the molecule is O=S(=O)(c1ccc([O-])cc1)c1ccc([O-])cc1.[Na+].[Na+]. The van der Waals surface area contributed by atoms with Crippen LogP contribution in [0.2, 0.25) is 0 Å². The number of rotatable bonds is 2. The van der Waals surface area contributed by atoms with E-state index >= 15 is 0 Å². The van der Waals surface area contributed by atoms with Crippen LogP contribution in [-0.4, -0.2) is 8.42 Å². The summed E-state index contributed by atoms with van der Waals surface area (Å²) in [6, 6.07) is 9.77. The summed E-state index contributed by atoms with van der Waals surface area (Å²) < 4.78 is 24.1. The van der Waals surface area contributed by atoms with E-state index in [0.29, 0.717) is 0 Å². The molecule has 0 aromatic heterocycles. The molecule has 0 bridgehead atoms. The van der Waals surface area contributed by atoms with Crippen molar-refractivity contribution in [1.29, 1.82) is 0 Å². The van der Waals surface area contributed by atoms with Gasteiger partial charge >= 0.3 is 59.1 Å². The minimum Gasteiger partial charge on any atom is -0.872 e. The van der Waals surface area contributed by atoms with Gasteiger partial charge in [0.2, 0.25) is 9.84 Å². The van der Waals surface area contributed by atoms with E-state index < -0.39 is 9.84 Å². The van der Waals surface area contributed by atoms with E-state index in [1.165, 1.54) is 48.5 Å². The van der Waals surface area contributed by atoms with Crippen LogP contribution >= 0.6 is 0 Å². The molecule has 0 saturated heterocycles. The molecule has 2 rings (SSSR count). The third-order valence-electron chi connectivity index (χ3n) is 2.27. The molecule has 0 N–H and O–H groups in total. The van der Waals surface area contributed by atoms with E-state index in [4.69, 9.17) is 0 Å². The van der Waals surface area contributed by atoms with Crippen LogP contribution in [0.25, 0.3) is 0 Å². The summed E-state index contributed by atoms with van der Waals surface area (Å²) in [5, 5.41) is 21.8. The van der Waals surface area contributed by atoms with Gasteiger partial charge in [0, 0.05) is 0 Å². The molecule has 4 nitrogen and oxygen atoms in total. The first-order valence-corrected chi connectivity index (χ1v) is 6.28. The van der Waals surface area contributed by atoms with Gasteiger partial charge in [-0.1, -0.05) is 24.3 Å². The van der Waals surface area contributed by atoms with E-state index in [1.807, 2.05) is 0 Å². The summed E-state index contributed by atoms with van der Waals surface area (Å²) in [4.78, 5) is 0.0755. The zero-order valence-corrected chi connectivity index (χ0v) is 15.5. The Balaban J connectivity index is 0.00000162. The van der Waals surface area contributed by atoms with E-state index in [-0.39, 0.29) is 80.4 Å². The van der Waals surface area contributed by atoms with E-state index in [0.717, 1.165) is 0 Å². The molecular formula is C12H8Na2O4S. The van der Waals surface area contributed by atoms with E-state index in [1.54, 1.807) is 0 Å². The zero-order chi connectivity index (χ0) is 12.5. The normalized spacial score (nSPS) is 10.1. The molecule has 7 heteroatoms. The van der Waals surface area contributed by atoms with Crippen molar-refractivity contribution in [2.24, 2.45) is 0 Å². The Hall–Kier alpha value is -0.01000. The zero-order valence-electron chi connectivity index (χ0n) is 10.7. The summed E-state index contributed by atoms with van der Waals surface area (Å²) in [6.45, 7) is 0. The van der Waals surface area contributed by atoms with Gasteiger partial charge < -0.3 is 10.2 Å². The third-order valence-corrected chi connectivity index (χ3v) is 4.05. The van der Waals surface area contributed by atoms with Gasteiger partial charge in [-0.05, 0) is 24.3 Å². The van der Waals surface area contributed by atoms with Crippen LogP contribution in [0.3, 0.4) is 0 Å². The first-order chi connectivity index (χ1) is 8.00. The van der Waals surface area contributed by atoms with Gasteiger partial charge in [-0.3, -0.25) is 0 Å². The van der Waals surface area contributed by atoms with Crippen LogP contribution < -0.4 is 69.3 Å². The predicted octanol–water partition coefficient (Wildman–Crippen LogP) is -5.33. The van der Waals surface area contributed by atoms with Crippen molar-refractivity contribution in [3.8, 4) is 11.5 Å². The first kappa shape index (κ1) is 19.0. The second-order valence-corrected chi connectivity index (χ2v) is 5.40. The summed E-state index contributed by atoms with van der Waals surface area (Å²) in [6.07, 6.45) is 0. The summed E-state index contributed by atoms with van der Waals surface area (Å²) >= 11 is 0. The van der Waals surface area contributed by atoms with Crippen molar-refractivity contribution < 1.29 is 77.7 Å². The van der Waals surface area contributed by atoms with Crippen LogP contribution in [0.1, 0.15) is 0 Å². The second-order valence-electron chi connectivity index (χ2n) is 3.45. The average Bonchev–Trinajstić information content (AvgIpc) is 2.30. The number of benzene rings is 2. The van der Waals surface area contributed by atoms with Gasteiger partial charge in [0.25, 0.3) is 0 Å². The maximum absolute atomic E-state index is 12.1. The topological polar surface area (TPSA) is 80.3 Å². The molecule has 0 spiro atoms. The van der Waals surface area contributed by atoms with Crippen LogP contribution in [0.15, 0.2) is 58.3 Å². The maximum atomic E-state index is 12.1. The van der Waals surface area contributed by atoms with Crippen LogP contribution in [0.5, 0.6) is 11.5 Å². The summed E-state index contributed by atoms with van der Waals surface area (Å²) in [7, 11) is -3.65. The summed E-state index contributed by atoms with van der Waals surface area (Å²) in [5.41, 5.74) is 0. The Kier molecular flexibility index (Phi) is 7.68. The van der Waals surface area contributed by atoms with Crippen molar-refractivity contribution in [2.75, 3.05) is 0 Å². The van der Waals surface area contributed by atoms with Gasteiger partial charge in [0.15, 0.2) is 0 Å². The predicted molar refractivity (Wildman–Crippen MR) is 57.2 cm³/mol. The average molecular weight is 294 g/mol. The smallest absolute Gasteiger partial charge is 0.872 e. The molecule has 0 aliphatic rings. The van der Waals surface area contributed by atoms with Crippen molar-refractivity contribution >= 4 is 9.84 Å². The molecule has 88 valence electrons. The Morgan fingerprint density at radius 2 is 0.895 bits per heavy atom. The fourth-order valence-corrected chi connectivity index (χ4v) is 2.63. The van der Waals surface area contributed by atoms with Crippen molar-refractivity contribution in [3.63, 3.8) is 0 Å². The van der Waals surface area contributed by atoms with Gasteiger partial charge in [0.05, 0.1) is 9.79 Å². The number of sulfone groups is 1. The summed E-state index contributed by atoms with van der Waals surface area (Å²) in [5.74, 6) is -0.502. The second kappa shape index (κ2) is 7.69. The molecule has 0 atom stereocenters. The molecule has 0 aliphatic heterocycles. The van der Waals surface area contributed by atoms with Crippen LogP contribution in [0, 0.1) is 0 Å². The van der Waals surface area contributed by atoms with Crippen molar-refractivity contribution in [1.82, 2.24) is 0 Å². The molecular weight excluding hydrogens is 286 g/mol. The van der Waals surface area contributed by atoms with E-state index in [9.17, 15) is 18.6 Å². The Labute approximate surface area is 156 Å². The largest absolute Gasteiger partial charge is 1.00 e. The van der Waals surface area contributed by atoms with Gasteiger partial charge in [-0.2, -0.15) is 0 Å². The monoisotopic (exact) mass is 294 g/mol. The fourth-order valence-electron chi connectivity index (χ4n) is 1.37. The number of hydrogen-bond acceptors (Lipinski definition) is 4. The van der Waals surface area contributed by atoms with Crippen LogP contribution in [0.4, 0.5) is 0 Å². The molecule has 0 radical (unpaired) electrons. The van der Waals surface area contributed by atoms with Crippen molar-refractivity contribution in [2.45, 2.75) is 9.79 Å². The minimum atomic E-state index is -3.65. The molecule has 0 heterocycles. The van der Waals surface area contributed by atoms with Gasteiger partial charge in [-0.15, -0.1) is 11.5 Å². The van der Waals surface area contributed by atoms with Crippen LogP contribution in [-0.2, 0) is 9.84 Å². The molecule has 0 aliphatic carbocycles. The molecule has 0 fully saturated rings. The Morgan fingerprint density at radius 3 is 1.16 bits per heavy atom. The van der Waals surface area contributed by atoms with E-state index in [2.05, 4.69) is 0 Å². The molecule has 0 amide bonds. The maximum Gasteiger partial charge on any atom is 1.00 e. The molecule has 2 aromatic rings. The molecule has 0 saturated carbocycles.